The summed E-state index contributed by atoms with van der Waals surface area (Å²) >= 11 is 0. The van der Waals surface area contributed by atoms with Gasteiger partial charge in [0.15, 0.2) is 0 Å². The van der Waals surface area contributed by atoms with Gasteiger partial charge in [0.2, 0.25) is 12.3 Å². The molecular formula is C29H44FN5O2. The van der Waals surface area contributed by atoms with Gasteiger partial charge in [-0.15, -0.1) is 0 Å². The zero-order valence-corrected chi connectivity index (χ0v) is 23.3. The molecule has 0 saturated carbocycles. The van der Waals surface area contributed by atoms with Gasteiger partial charge in [-0.05, 0) is 58.9 Å². The predicted molar refractivity (Wildman–Crippen MR) is 158 cm³/mol. The number of aromatic nitrogens is 2. The maximum Gasteiger partial charge on any atom is 0.221 e. The summed E-state index contributed by atoms with van der Waals surface area (Å²) in [5, 5.41) is 3.42. The molecule has 0 aliphatic carbocycles. The molecule has 204 valence electrons. The number of nitrogens with one attached hydrogen (secondary N) is 1. The number of allylic oxidation sites excluding steroid dienone is 7. The average Bonchev–Trinajstić information content (AvgIpc) is 3.30. The number of carbonyl (C=O) groups excluding carboxylic acids is 2. The maximum absolute atomic E-state index is 11.4. The van der Waals surface area contributed by atoms with Gasteiger partial charge in [0.1, 0.15) is 11.6 Å². The van der Waals surface area contributed by atoms with Crippen molar-refractivity contribution in [3.8, 4) is 0 Å². The fourth-order valence-electron chi connectivity index (χ4n) is 2.31. The van der Waals surface area contributed by atoms with Crippen LogP contribution in [0.1, 0.15) is 54.9 Å². The van der Waals surface area contributed by atoms with Gasteiger partial charge in [0, 0.05) is 35.6 Å². The van der Waals surface area contributed by atoms with Crippen molar-refractivity contribution in [2.45, 2.75) is 54.9 Å². The molecular weight excluding hydrogens is 469 g/mol. The summed E-state index contributed by atoms with van der Waals surface area (Å²) in [4.78, 5) is 23.9. The van der Waals surface area contributed by atoms with E-state index in [0.717, 1.165) is 27.9 Å². The number of amides is 2. The minimum absolute atomic E-state index is 0.263. The van der Waals surface area contributed by atoms with Crippen LogP contribution in [-0.4, -0.2) is 21.9 Å². The Morgan fingerprint density at radius 3 is 2.05 bits per heavy atom. The van der Waals surface area contributed by atoms with Gasteiger partial charge in [-0.3, -0.25) is 9.59 Å². The van der Waals surface area contributed by atoms with Crippen molar-refractivity contribution in [3.05, 3.63) is 91.7 Å². The molecule has 0 fully saturated rings. The number of nitrogen functional groups attached to an aromatic ring is 1. The number of fused-ring (bicyclic) bond motifs is 1. The molecule has 0 aliphatic rings. The molecule has 2 rings (SSSR count). The lowest BCUT2D eigenvalue weighted by Crippen LogP contribution is -2.09. The molecule has 8 heteroatoms. The second-order valence-electron chi connectivity index (χ2n) is 6.99. The van der Waals surface area contributed by atoms with Crippen molar-refractivity contribution in [2.75, 3.05) is 5.73 Å². The number of anilines is 1. The summed E-state index contributed by atoms with van der Waals surface area (Å²) in [7, 11) is 0. The molecule has 0 spiro atoms. The highest BCUT2D eigenvalue weighted by atomic mass is 19.1. The number of primary amides is 1. The Labute approximate surface area is 221 Å². The molecule has 0 radical (unpaired) electrons. The Kier molecular flexibility index (Phi) is 23.8. The molecule has 0 saturated heterocycles. The highest BCUT2D eigenvalue weighted by molar-refractivity contribution is 5.90. The Balaban J connectivity index is -0.000000427. The van der Waals surface area contributed by atoms with Crippen LogP contribution in [0.2, 0.25) is 0 Å². The molecule has 2 heterocycles. The van der Waals surface area contributed by atoms with Crippen LogP contribution in [0.15, 0.2) is 91.7 Å². The summed E-state index contributed by atoms with van der Waals surface area (Å²) in [6.07, 6.45) is 12.8. The molecule has 7 nitrogen and oxygen atoms in total. The standard InChI is InChI=1S/C10H11N3.C6H11NO.C6H9NO.C5H7F.C2H6/c1-7(2)13-6-4-8-9(13)3-5-12-10(8)11;1-3-5(2)4-6(7)8;1-3-6(4-2)7-5-8;1-3-4-5(2)6;1-2/h3-6H,1H2,2H3,(H2,11,12);3H,4H2,1-2H3,(H2,7,8);3-5H,1H2,2H3,(H,7,8);3-4H,2H2,1H3;1-2H3/b;5-3+;6-4+;4-3-;. The molecule has 2 aromatic heterocycles. The molecule has 37 heavy (non-hydrogen) atoms. The molecule has 0 atom stereocenters. The lowest BCUT2D eigenvalue weighted by Gasteiger charge is -2.02. The van der Waals surface area contributed by atoms with Crippen LogP contribution < -0.4 is 16.8 Å². The number of nitrogens with zero attached hydrogens (tertiary/aromatic N) is 2. The Morgan fingerprint density at radius 1 is 1.16 bits per heavy atom. The smallest absolute Gasteiger partial charge is 0.221 e. The monoisotopic (exact) mass is 513 g/mol. The third-order valence-electron chi connectivity index (χ3n) is 4.11. The van der Waals surface area contributed by atoms with Crippen LogP contribution in [0.4, 0.5) is 10.2 Å². The maximum atomic E-state index is 11.4. The van der Waals surface area contributed by atoms with E-state index in [1.54, 1.807) is 31.3 Å². The van der Waals surface area contributed by atoms with Gasteiger partial charge in [-0.1, -0.05) is 57.4 Å². The second kappa shape index (κ2) is 23.5. The fraction of sp³-hybridized carbons (Fsp3) is 0.276. The van der Waals surface area contributed by atoms with E-state index in [9.17, 15) is 14.0 Å². The van der Waals surface area contributed by atoms with Gasteiger partial charge >= 0.3 is 0 Å². The second-order valence-corrected chi connectivity index (χ2v) is 6.99. The van der Waals surface area contributed by atoms with Crippen molar-refractivity contribution >= 4 is 34.7 Å². The van der Waals surface area contributed by atoms with Gasteiger partial charge in [-0.25, -0.2) is 9.37 Å². The Bertz CT molecular complexity index is 1080. The topological polar surface area (TPSA) is 116 Å². The number of rotatable bonds is 7. The van der Waals surface area contributed by atoms with Crippen molar-refractivity contribution in [3.63, 3.8) is 0 Å². The highest BCUT2D eigenvalue weighted by Gasteiger charge is 2.03. The van der Waals surface area contributed by atoms with Gasteiger partial charge in [0.05, 0.1) is 5.52 Å². The molecule has 0 aliphatic heterocycles. The third kappa shape index (κ3) is 18.8. The van der Waals surface area contributed by atoms with E-state index in [4.69, 9.17) is 11.5 Å². The van der Waals surface area contributed by atoms with Gasteiger partial charge < -0.3 is 21.4 Å². The molecule has 0 unspecified atom stereocenters. The number of hydrogen-bond donors (Lipinski definition) is 3. The van der Waals surface area contributed by atoms with Crippen LogP contribution in [-0.2, 0) is 9.59 Å². The highest BCUT2D eigenvalue weighted by Crippen LogP contribution is 2.21. The first-order valence-corrected chi connectivity index (χ1v) is 11.7. The van der Waals surface area contributed by atoms with Crippen LogP contribution in [0.5, 0.6) is 0 Å². The van der Waals surface area contributed by atoms with E-state index < -0.39 is 5.83 Å². The lowest BCUT2D eigenvalue weighted by atomic mass is 10.2. The van der Waals surface area contributed by atoms with E-state index in [2.05, 4.69) is 30.0 Å². The summed E-state index contributed by atoms with van der Waals surface area (Å²) in [5.41, 5.74) is 14.4. The van der Waals surface area contributed by atoms with Crippen LogP contribution in [0.3, 0.4) is 0 Å². The first-order chi connectivity index (χ1) is 17.5. The van der Waals surface area contributed by atoms with E-state index >= 15 is 0 Å². The number of carbonyl (C=O) groups is 2. The quantitative estimate of drug-likeness (QED) is 0.214. The average molecular weight is 514 g/mol. The minimum Gasteiger partial charge on any atom is -0.383 e. The fourth-order valence-corrected chi connectivity index (χ4v) is 2.31. The van der Waals surface area contributed by atoms with Gasteiger partial charge in [-0.2, -0.15) is 0 Å². The first kappa shape index (κ1) is 37.4. The molecule has 2 aromatic rings. The number of halogens is 1. The summed E-state index contributed by atoms with van der Waals surface area (Å²) in [6.45, 7) is 23.6. The van der Waals surface area contributed by atoms with Crippen molar-refractivity contribution < 1.29 is 14.0 Å². The molecule has 2 amide bonds. The van der Waals surface area contributed by atoms with Crippen LogP contribution >= 0.6 is 0 Å². The summed E-state index contributed by atoms with van der Waals surface area (Å²) in [6, 6.07) is 3.88. The van der Waals surface area contributed by atoms with E-state index in [-0.39, 0.29) is 5.91 Å². The van der Waals surface area contributed by atoms with E-state index in [1.807, 2.05) is 70.5 Å². The first-order valence-electron chi connectivity index (χ1n) is 11.7. The van der Waals surface area contributed by atoms with E-state index in [0.29, 0.717) is 18.6 Å². The van der Waals surface area contributed by atoms with Crippen molar-refractivity contribution in [1.82, 2.24) is 14.9 Å². The third-order valence-corrected chi connectivity index (χ3v) is 4.11. The number of pyridine rings is 1. The Morgan fingerprint density at radius 2 is 1.76 bits per heavy atom. The van der Waals surface area contributed by atoms with Gasteiger partial charge in [0.25, 0.3) is 0 Å². The number of hydrogen-bond acceptors (Lipinski definition) is 4. The normalized spacial score (nSPS) is 10.2. The summed E-state index contributed by atoms with van der Waals surface area (Å²) < 4.78 is 13.4. The zero-order chi connectivity index (χ0) is 29.4. The Hall–Kier alpha value is -4.20. The lowest BCUT2D eigenvalue weighted by molar-refractivity contribution is -0.117. The van der Waals surface area contributed by atoms with E-state index in [1.165, 1.54) is 6.08 Å². The summed E-state index contributed by atoms with van der Waals surface area (Å²) in [5.74, 6) is -0.0874. The SMILES string of the molecule is C/C=C(\C)CC(N)=O.C=C(C)n1ccc2c(N)nccc21.C=C(F)/C=C\C.C=C/C(=C\C)NC=O.CC. The molecule has 5 N–H and O–H groups in total. The molecule has 0 aromatic carbocycles. The zero-order valence-electron chi connectivity index (χ0n) is 23.3. The van der Waals surface area contributed by atoms with Crippen molar-refractivity contribution in [2.24, 2.45) is 5.73 Å². The van der Waals surface area contributed by atoms with Crippen LogP contribution in [0, 0.1) is 0 Å². The van der Waals surface area contributed by atoms with Crippen LogP contribution in [0.25, 0.3) is 16.6 Å². The van der Waals surface area contributed by atoms with Crippen molar-refractivity contribution in [1.29, 1.82) is 0 Å². The predicted octanol–water partition coefficient (Wildman–Crippen LogP) is 6.83. The number of nitrogens with two attached hydrogens (primary N) is 2. The largest absolute Gasteiger partial charge is 0.383 e. The molecule has 0 bridgehead atoms. The minimum atomic E-state index is -0.391.